The van der Waals surface area contributed by atoms with Crippen molar-refractivity contribution >= 4 is 21.4 Å². The van der Waals surface area contributed by atoms with Gasteiger partial charge in [0.1, 0.15) is 5.25 Å². The molecule has 18 heavy (non-hydrogen) atoms. The predicted molar refractivity (Wildman–Crippen MR) is 64.5 cm³/mol. The first-order chi connectivity index (χ1) is 8.52. The fraction of sp³-hybridized carbons (Fsp3) is 0.333. The van der Waals surface area contributed by atoms with E-state index in [1.54, 1.807) is 18.2 Å². The number of ketones is 2. The van der Waals surface area contributed by atoms with E-state index in [0.717, 1.165) is 0 Å². The number of fused-ring (bicyclic) bond motifs is 2. The SMILES string of the molecule is O=C1c2ccccc2C(=O)C2C1NCCS2(=O)=O. The second-order valence-electron chi connectivity index (χ2n) is 4.49. The molecule has 1 heterocycles. The number of nitrogens with one attached hydrogen (secondary N) is 1. The van der Waals surface area contributed by atoms with Gasteiger partial charge in [0.05, 0.1) is 11.8 Å². The first kappa shape index (κ1) is 11.6. The summed E-state index contributed by atoms with van der Waals surface area (Å²) in [6.07, 6.45) is 0. The lowest BCUT2D eigenvalue weighted by Gasteiger charge is -2.34. The Labute approximate surface area is 104 Å². The molecule has 1 saturated heterocycles. The third-order valence-corrected chi connectivity index (χ3v) is 5.47. The van der Waals surface area contributed by atoms with Gasteiger partial charge in [-0.25, -0.2) is 8.42 Å². The summed E-state index contributed by atoms with van der Waals surface area (Å²) in [7, 11) is -3.54. The Morgan fingerprint density at radius 2 is 1.67 bits per heavy atom. The zero-order valence-electron chi connectivity index (χ0n) is 9.42. The van der Waals surface area contributed by atoms with Crippen LogP contribution in [0.25, 0.3) is 0 Å². The summed E-state index contributed by atoms with van der Waals surface area (Å²) in [5, 5.41) is 1.59. The monoisotopic (exact) mass is 265 g/mol. The van der Waals surface area contributed by atoms with E-state index < -0.39 is 26.9 Å². The maximum absolute atomic E-state index is 12.2. The van der Waals surface area contributed by atoms with Gasteiger partial charge in [0, 0.05) is 17.7 Å². The Balaban J connectivity index is 2.23. The molecule has 1 aromatic rings. The minimum atomic E-state index is -3.54. The highest BCUT2D eigenvalue weighted by molar-refractivity contribution is 7.93. The van der Waals surface area contributed by atoms with Crippen molar-refractivity contribution in [2.75, 3.05) is 12.3 Å². The van der Waals surface area contributed by atoms with Crippen LogP contribution in [-0.2, 0) is 9.84 Å². The van der Waals surface area contributed by atoms with Gasteiger partial charge in [0.2, 0.25) is 0 Å². The van der Waals surface area contributed by atoms with Crippen LogP contribution < -0.4 is 5.32 Å². The molecule has 0 spiro atoms. The summed E-state index contributed by atoms with van der Waals surface area (Å²) in [5.74, 6) is -0.879. The Morgan fingerprint density at radius 1 is 1.06 bits per heavy atom. The standard InChI is InChI=1S/C12H11NO4S/c14-10-7-3-1-2-4-8(7)11(15)12-9(10)13-5-6-18(12,16)17/h1-4,9,12-13H,5-6H2. The lowest BCUT2D eigenvalue weighted by molar-refractivity contribution is 0.0850. The Bertz CT molecular complexity index is 650. The van der Waals surface area contributed by atoms with Gasteiger partial charge in [0.15, 0.2) is 21.4 Å². The zero-order valence-corrected chi connectivity index (χ0v) is 10.2. The minimum Gasteiger partial charge on any atom is -0.305 e. The summed E-state index contributed by atoms with van der Waals surface area (Å²) in [5.41, 5.74) is 0.532. The number of carbonyl (C=O) groups excluding carboxylic acids is 2. The van der Waals surface area contributed by atoms with E-state index in [2.05, 4.69) is 5.32 Å². The normalized spacial score (nSPS) is 29.6. The molecule has 0 radical (unpaired) electrons. The molecular weight excluding hydrogens is 254 g/mol. The van der Waals surface area contributed by atoms with Gasteiger partial charge in [-0.15, -0.1) is 0 Å². The van der Waals surface area contributed by atoms with Crippen molar-refractivity contribution in [3.8, 4) is 0 Å². The molecule has 0 aromatic heterocycles. The number of Topliss-reactive ketones (excluding diaryl/α,β-unsaturated/α-hetero) is 2. The molecule has 5 nitrogen and oxygen atoms in total. The smallest absolute Gasteiger partial charge is 0.183 e. The Morgan fingerprint density at radius 3 is 2.33 bits per heavy atom. The zero-order chi connectivity index (χ0) is 12.9. The molecule has 2 aliphatic rings. The molecule has 2 unspecified atom stereocenters. The molecule has 3 rings (SSSR count). The molecule has 0 saturated carbocycles. The second-order valence-corrected chi connectivity index (χ2v) is 6.74. The fourth-order valence-electron chi connectivity index (χ4n) is 2.58. The van der Waals surface area contributed by atoms with Crippen LogP contribution in [-0.4, -0.2) is 43.6 Å². The van der Waals surface area contributed by atoms with Crippen molar-refractivity contribution in [3.05, 3.63) is 35.4 Å². The lowest BCUT2D eigenvalue weighted by atomic mass is 9.85. The predicted octanol–water partition coefficient (Wildman–Crippen LogP) is -0.179. The van der Waals surface area contributed by atoms with Crippen LogP contribution in [0.1, 0.15) is 20.7 Å². The number of benzene rings is 1. The van der Waals surface area contributed by atoms with Crippen LogP contribution in [0.2, 0.25) is 0 Å². The maximum atomic E-state index is 12.2. The lowest BCUT2D eigenvalue weighted by Crippen LogP contribution is -2.61. The van der Waals surface area contributed by atoms with Gasteiger partial charge in [-0.2, -0.15) is 0 Å². The number of hydrogen-bond acceptors (Lipinski definition) is 5. The van der Waals surface area contributed by atoms with Crippen LogP contribution in [0.4, 0.5) is 0 Å². The van der Waals surface area contributed by atoms with Crippen molar-refractivity contribution in [3.63, 3.8) is 0 Å². The van der Waals surface area contributed by atoms with Crippen molar-refractivity contribution in [1.82, 2.24) is 5.32 Å². The molecule has 1 fully saturated rings. The number of carbonyl (C=O) groups is 2. The average molecular weight is 265 g/mol. The van der Waals surface area contributed by atoms with Gasteiger partial charge in [-0.3, -0.25) is 9.59 Å². The Hall–Kier alpha value is -1.53. The summed E-state index contributed by atoms with van der Waals surface area (Å²) in [6.45, 7) is 0.213. The first-order valence-corrected chi connectivity index (χ1v) is 7.36. The Kier molecular flexibility index (Phi) is 2.39. The maximum Gasteiger partial charge on any atom is 0.183 e. The molecule has 0 amide bonds. The van der Waals surface area contributed by atoms with E-state index >= 15 is 0 Å². The molecule has 2 atom stereocenters. The number of hydrogen-bond donors (Lipinski definition) is 1. The minimum absolute atomic E-state index is 0.102. The summed E-state index contributed by atoms with van der Waals surface area (Å²) < 4.78 is 23.9. The van der Waals surface area contributed by atoms with E-state index in [1.165, 1.54) is 6.07 Å². The summed E-state index contributed by atoms with van der Waals surface area (Å²) >= 11 is 0. The van der Waals surface area contributed by atoms with Gasteiger partial charge in [-0.1, -0.05) is 24.3 Å². The van der Waals surface area contributed by atoms with Gasteiger partial charge in [0.25, 0.3) is 0 Å². The van der Waals surface area contributed by atoms with Crippen LogP contribution in [0.15, 0.2) is 24.3 Å². The molecule has 1 N–H and O–H groups in total. The number of sulfone groups is 1. The third-order valence-electron chi connectivity index (χ3n) is 3.44. The average Bonchev–Trinajstić information content (AvgIpc) is 2.35. The second kappa shape index (κ2) is 3.73. The first-order valence-electron chi connectivity index (χ1n) is 5.65. The van der Waals surface area contributed by atoms with E-state index in [9.17, 15) is 18.0 Å². The summed E-state index contributed by atoms with van der Waals surface area (Å²) in [4.78, 5) is 24.4. The van der Waals surface area contributed by atoms with Gasteiger partial charge < -0.3 is 5.32 Å². The third kappa shape index (κ3) is 1.46. The fourth-order valence-corrected chi connectivity index (χ4v) is 4.32. The molecule has 1 aliphatic carbocycles. The van der Waals surface area contributed by atoms with Crippen molar-refractivity contribution in [2.45, 2.75) is 11.3 Å². The summed E-state index contributed by atoms with van der Waals surface area (Å²) in [6, 6.07) is 5.45. The van der Waals surface area contributed by atoms with Crippen molar-refractivity contribution in [1.29, 1.82) is 0 Å². The quantitative estimate of drug-likeness (QED) is 0.704. The van der Waals surface area contributed by atoms with E-state index in [-0.39, 0.29) is 23.6 Å². The highest BCUT2D eigenvalue weighted by atomic mass is 32.2. The highest BCUT2D eigenvalue weighted by Crippen LogP contribution is 2.28. The molecule has 1 aliphatic heterocycles. The van der Waals surface area contributed by atoms with Crippen molar-refractivity contribution < 1.29 is 18.0 Å². The van der Waals surface area contributed by atoms with Crippen molar-refractivity contribution in [2.24, 2.45) is 0 Å². The topological polar surface area (TPSA) is 80.3 Å². The van der Waals surface area contributed by atoms with E-state index in [1.807, 2.05) is 0 Å². The molecule has 6 heteroatoms. The van der Waals surface area contributed by atoms with Crippen LogP contribution >= 0.6 is 0 Å². The molecule has 94 valence electrons. The van der Waals surface area contributed by atoms with Gasteiger partial charge >= 0.3 is 0 Å². The highest BCUT2D eigenvalue weighted by Gasteiger charge is 2.50. The van der Waals surface area contributed by atoms with E-state index in [4.69, 9.17) is 0 Å². The van der Waals surface area contributed by atoms with E-state index in [0.29, 0.717) is 5.56 Å². The largest absolute Gasteiger partial charge is 0.305 e. The number of rotatable bonds is 0. The van der Waals surface area contributed by atoms with Crippen LogP contribution in [0.5, 0.6) is 0 Å². The van der Waals surface area contributed by atoms with Crippen LogP contribution in [0, 0.1) is 0 Å². The van der Waals surface area contributed by atoms with Gasteiger partial charge in [-0.05, 0) is 0 Å². The molecule has 0 bridgehead atoms. The molecule has 1 aromatic carbocycles. The van der Waals surface area contributed by atoms with Crippen LogP contribution in [0.3, 0.4) is 0 Å². The molecular formula is C12H11NO4S.